The van der Waals surface area contributed by atoms with Gasteiger partial charge in [-0.25, -0.2) is 8.42 Å². The highest BCUT2D eigenvalue weighted by Gasteiger charge is 2.16. The largest absolute Gasteiger partial charge is 0.324 e. The summed E-state index contributed by atoms with van der Waals surface area (Å²) in [4.78, 5) is 11.4. The van der Waals surface area contributed by atoms with E-state index in [9.17, 15) is 13.2 Å². The number of terminal acetylenes is 1. The van der Waals surface area contributed by atoms with Crippen molar-refractivity contribution in [2.24, 2.45) is 0 Å². The van der Waals surface area contributed by atoms with E-state index in [0.717, 1.165) is 0 Å². The molecule has 17 heavy (non-hydrogen) atoms. The molecule has 0 radical (unpaired) electrons. The molecule has 0 aromatic heterocycles. The number of anilines is 1. The second-order valence-electron chi connectivity index (χ2n) is 3.26. The van der Waals surface area contributed by atoms with Crippen molar-refractivity contribution in [1.82, 2.24) is 0 Å². The molecule has 0 fully saturated rings. The van der Waals surface area contributed by atoms with E-state index >= 15 is 0 Å². The van der Waals surface area contributed by atoms with Crippen LogP contribution in [0.4, 0.5) is 5.69 Å². The molecule has 0 aliphatic carbocycles. The highest BCUT2D eigenvalue weighted by atomic mass is 35.5. The Balaban J connectivity index is 2.70. The third kappa shape index (κ3) is 4.47. The van der Waals surface area contributed by atoms with Gasteiger partial charge in [0.05, 0.1) is 10.7 Å². The second-order valence-corrected chi connectivity index (χ2v) is 5.74. The third-order valence-corrected chi connectivity index (χ3v) is 3.44. The number of hydrogen-bond acceptors (Lipinski definition) is 3. The van der Waals surface area contributed by atoms with Gasteiger partial charge in [-0.3, -0.25) is 4.79 Å². The fourth-order valence-electron chi connectivity index (χ4n) is 1.13. The van der Waals surface area contributed by atoms with Gasteiger partial charge in [0.1, 0.15) is 11.5 Å². The van der Waals surface area contributed by atoms with Crippen LogP contribution in [0.1, 0.15) is 0 Å². The van der Waals surface area contributed by atoms with E-state index in [2.05, 4.69) is 5.32 Å². The number of benzene rings is 1. The molecule has 0 bridgehead atoms. The average molecular weight is 272 g/mol. The predicted molar refractivity (Wildman–Crippen MR) is 67.6 cm³/mol. The Kier molecular flexibility index (Phi) is 4.55. The maximum absolute atomic E-state index is 11.4. The van der Waals surface area contributed by atoms with Crippen molar-refractivity contribution in [3.63, 3.8) is 0 Å². The van der Waals surface area contributed by atoms with Gasteiger partial charge < -0.3 is 5.32 Å². The molecule has 0 spiro atoms. The summed E-state index contributed by atoms with van der Waals surface area (Å²) in [7, 11) is -3.56. The van der Waals surface area contributed by atoms with E-state index < -0.39 is 27.3 Å². The zero-order valence-electron chi connectivity index (χ0n) is 8.81. The van der Waals surface area contributed by atoms with Crippen LogP contribution < -0.4 is 5.32 Å². The fraction of sp³-hybridized carbons (Fsp3) is 0.182. The SMILES string of the molecule is C#CCS(=O)(=O)CC(=O)Nc1ccccc1Cl. The third-order valence-electron chi connectivity index (χ3n) is 1.80. The van der Waals surface area contributed by atoms with Crippen molar-refractivity contribution >= 4 is 33.0 Å². The van der Waals surface area contributed by atoms with Crippen molar-refractivity contribution in [3.8, 4) is 12.3 Å². The van der Waals surface area contributed by atoms with Gasteiger partial charge in [-0.2, -0.15) is 0 Å². The Labute approximate surface area is 105 Å². The van der Waals surface area contributed by atoms with Crippen LogP contribution in [0.5, 0.6) is 0 Å². The van der Waals surface area contributed by atoms with Gasteiger partial charge >= 0.3 is 0 Å². The minimum Gasteiger partial charge on any atom is -0.324 e. The lowest BCUT2D eigenvalue weighted by molar-refractivity contribution is -0.113. The van der Waals surface area contributed by atoms with Gasteiger partial charge in [-0.1, -0.05) is 29.7 Å². The van der Waals surface area contributed by atoms with Gasteiger partial charge in [-0.15, -0.1) is 6.42 Å². The molecule has 6 heteroatoms. The number of para-hydroxylation sites is 1. The zero-order chi connectivity index (χ0) is 12.9. The number of nitrogens with one attached hydrogen (secondary N) is 1. The first kappa shape index (κ1) is 13.6. The van der Waals surface area contributed by atoms with Gasteiger partial charge in [0.15, 0.2) is 9.84 Å². The Morgan fingerprint density at radius 3 is 2.65 bits per heavy atom. The van der Waals surface area contributed by atoms with Gasteiger partial charge in [0, 0.05) is 0 Å². The first-order valence-corrected chi connectivity index (χ1v) is 6.83. The van der Waals surface area contributed by atoms with Crippen LogP contribution in [0.3, 0.4) is 0 Å². The molecule has 90 valence electrons. The number of halogens is 1. The standard InChI is InChI=1S/C11H10ClNO3S/c1-2-7-17(15,16)8-11(14)13-10-6-4-3-5-9(10)12/h1,3-6H,7-8H2,(H,13,14). The molecule has 4 nitrogen and oxygen atoms in total. The first-order valence-electron chi connectivity index (χ1n) is 4.63. The molecule has 1 aromatic carbocycles. The van der Waals surface area contributed by atoms with Crippen LogP contribution in [-0.4, -0.2) is 25.8 Å². The summed E-state index contributed by atoms with van der Waals surface area (Å²) < 4.78 is 22.6. The quantitative estimate of drug-likeness (QED) is 0.841. The van der Waals surface area contributed by atoms with Crippen molar-refractivity contribution in [2.45, 2.75) is 0 Å². The van der Waals surface area contributed by atoms with Crippen molar-refractivity contribution in [1.29, 1.82) is 0 Å². The lowest BCUT2D eigenvalue weighted by atomic mass is 10.3. The zero-order valence-corrected chi connectivity index (χ0v) is 10.4. The Bertz CT molecular complexity index is 560. The summed E-state index contributed by atoms with van der Waals surface area (Å²) in [6, 6.07) is 6.55. The lowest BCUT2D eigenvalue weighted by Crippen LogP contribution is -2.24. The van der Waals surface area contributed by atoms with E-state index in [1.54, 1.807) is 24.3 Å². The maximum Gasteiger partial charge on any atom is 0.239 e. The summed E-state index contributed by atoms with van der Waals surface area (Å²) in [6.45, 7) is 0. The molecule has 0 saturated carbocycles. The topological polar surface area (TPSA) is 63.2 Å². The van der Waals surface area contributed by atoms with E-state index in [0.29, 0.717) is 10.7 Å². The Morgan fingerprint density at radius 1 is 1.41 bits per heavy atom. The minimum absolute atomic E-state index is 0.343. The van der Waals surface area contributed by atoms with Crippen LogP contribution in [0.2, 0.25) is 5.02 Å². The lowest BCUT2D eigenvalue weighted by Gasteiger charge is -2.06. The van der Waals surface area contributed by atoms with Crippen LogP contribution in [-0.2, 0) is 14.6 Å². The number of hydrogen-bond donors (Lipinski definition) is 1. The second kappa shape index (κ2) is 5.71. The minimum atomic E-state index is -3.56. The highest BCUT2D eigenvalue weighted by Crippen LogP contribution is 2.20. The smallest absolute Gasteiger partial charge is 0.239 e. The molecule has 0 aliphatic heterocycles. The summed E-state index contributed by atoms with van der Waals surface area (Å²) in [5, 5.41) is 2.75. The van der Waals surface area contributed by atoms with Crippen molar-refractivity contribution in [2.75, 3.05) is 16.8 Å². The molecule has 1 aromatic rings. The van der Waals surface area contributed by atoms with E-state index in [4.69, 9.17) is 18.0 Å². The summed E-state index contributed by atoms with van der Waals surface area (Å²) in [5.41, 5.74) is 0.370. The molecular weight excluding hydrogens is 262 g/mol. The predicted octanol–water partition coefficient (Wildman–Crippen LogP) is 1.33. The van der Waals surface area contributed by atoms with Gasteiger partial charge in [0.2, 0.25) is 5.91 Å². The Hall–Kier alpha value is -1.51. The van der Waals surface area contributed by atoms with Crippen molar-refractivity contribution < 1.29 is 13.2 Å². The molecule has 1 rings (SSSR count). The Morgan fingerprint density at radius 2 is 2.06 bits per heavy atom. The average Bonchev–Trinajstić information content (AvgIpc) is 2.20. The molecule has 0 heterocycles. The molecule has 0 aliphatic rings. The van der Waals surface area contributed by atoms with E-state index in [-0.39, 0.29) is 0 Å². The molecule has 1 amide bonds. The molecule has 1 N–H and O–H groups in total. The van der Waals surface area contributed by atoms with Crippen LogP contribution in [0, 0.1) is 12.3 Å². The first-order chi connectivity index (χ1) is 7.94. The molecule has 0 atom stereocenters. The van der Waals surface area contributed by atoms with Gasteiger partial charge in [-0.05, 0) is 12.1 Å². The summed E-state index contributed by atoms with van der Waals surface area (Å²) in [6.07, 6.45) is 4.89. The highest BCUT2D eigenvalue weighted by molar-refractivity contribution is 7.92. The van der Waals surface area contributed by atoms with Crippen LogP contribution >= 0.6 is 11.6 Å². The molecule has 0 saturated heterocycles. The molecule has 0 unspecified atom stereocenters. The number of amides is 1. The number of rotatable bonds is 4. The van der Waals surface area contributed by atoms with Gasteiger partial charge in [0.25, 0.3) is 0 Å². The fourth-order valence-corrected chi connectivity index (χ4v) is 2.14. The number of sulfone groups is 1. The number of carbonyl (C=O) groups is 1. The molecular formula is C11H10ClNO3S. The number of carbonyl (C=O) groups excluding carboxylic acids is 1. The summed E-state index contributed by atoms with van der Waals surface area (Å²) in [5.74, 6) is 0.230. The normalized spacial score (nSPS) is 10.6. The monoisotopic (exact) mass is 271 g/mol. The summed E-state index contributed by atoms with van der Waals surface area (Å²) >= 11 is 5.80. The van der Waals surface area contributed by atoms with Crippen LogP contribution in [0.15, 0.2) is 24.3 Å². The maximum atomic E-state index is 11.4. The van der Waals surface area contributed by atoms with E-state index in [1.165, 1.54) is 0 Å². The van der Waals surface area contributed by atoms with Crippen molar-refractivity contribution in [3.05, 3.63) is 29.3 Å². The van der Waals surface area contributed by atoms with Crippen LogP contribution in [0.25, 0.3) is 0 Å². The van der Waals surface area contributed by atoms with E-state index in [1.807, 2.05) is 5.92 Å².